The maximum Gasteiger partial charge on any atom is 0.306 e. The molecule has 0 saturated heterocycles. The molecule has 0 saturated carbocycles. The quantitative estimate of drug-likeness (QED) is 0.484. The highest BCUT2D eigenvalue weighted by atomic mass is 32.1. The number of amides is 2. The lowest BCUT2D eigenvalue weighted by atomic mass is 10.1. The number of imide groups is 1. The summed E-state index contributed by atoms with van der Waals surface area (Å²) in [6.45, 7) is 0.327. The molecule has 0 aliphatic carbocycles. The highest BCUT2D eigenvalue weighted by molar-refractivity contribution is 7.18. The molecule has 3 aromatic rings. The number of para-hydroxylation sites is 1. The summed E-state index contributed by atoms with van der Waals surface area (Å²) in [7, 11) is 0. The zero-order valence-electron chi connectivity index (χ0n) is 14.4. The average Bonchev–Trinajstić information content (AvgIpc) is 3.21. The molecule has 1 aromatic heterocycles. The van der Waals surface area contributed by atoms with Crippen LogP contribution in [0.1, 0.15) is 38.6 Å². The van der Waals surface area contributed by atoms with Gasteiger partial charge in [-0.25, -0.2) is 4.98 Å². The van der Waals surface area contributed by atoms with Crippen molar-refractivity contribution in [3.63, 3.8) is 0 Å². The van der Waals surface area contributed by atoms with Gasteiger partial charge in [0.15, 0.2) is 0 Å². The van der Waals surface area contributed by atoms with Crippen molar-refractivity contribution in [1.29, 1.82) is 0 Å². The lowest BCUT2D eigenvalue weighted by Crippen LogP contribution is -2.31. The second-order valence-corrected chi connectivity index (χ2v) is 7.26. The van der Waals surface area contributed by atoms with Crippen LogP contribution in [0.15, 0.2) is 48.5 Å². The monoisotopic (exact) mass is 380 g/mol. The lowest BCUT2D eigenvalue weighted by Gasteiger charge is -2.13. The number of esters is 1. The van der Waals surface area contributed by atoms with Crippen LogP contribution >= 0.6 is 11.3 Å². The minimum Gasteiger partial charge on any atom is -0.458 e. The van der Waals surface area contributed by atoms with Gasteiger partial charge in [-0.2, -0.15) is 0 Å². The number of fused-ring (bicyclic) bond motifs is 2. The van der Waals surface area contributed by atoms with E-state index in [-0.39, 0.29) is 37.4 Å². The van der Waals surface area contributed by atoms with E-state index in [2.05, 4.69) is 4.98 Å². The fourth-order valence-corrected chi connectivity index (χ4v) is 3.90. The molecule has 2 heterocycles. The number of ether oxygens (including phenoxy) is 1. The molecule has 4 rings (SSSR count). The zero-order valence-corrected chi connectivity index (χ0v) is 15.2. The average molecular weight is 380 g/mol. The molecule has 0 fully saturated rings. The number of nitrogens with zero attached hydrogens (tertiary/aromatic N) is 2. The van der Waals surface area contributed by atoms with Gasteiger partial charge in [-0.05, 0) is 30.7 Å². The van der Waals surface area contributed by atoms with E-state index in [0.29, 0.717) is 17.5 Å². The first kappa shape index (κ1) is 17.4. The summed E-state index contributed by atoms with van der Waals surface area (Å²) >= 11 is 1.49. The van der Waals surface area contributed by atoms with Crippen LogP contribution in [0.5, 0.6) is 0 Å². The van der Waals surface area contributed by atoms with Crippen LogP contribution in [0, 0.1) is 0 Å². The first-order valence-electron chi connectivity index (χ1n) is 8.59. The van der Waals surface area contributed by atoms with Crippen LogP contribution in [0.25, 0.3) is 10.2 Å². The molecule has 2 aromatic carbocycles. The molecule has 27 heavy (non-hydrogen) atoms. The fraction of sp³-hybridized carbons (Fsp3) is 0.200. The smallest absolute Gasteiger partial charge is 0.306 e. The predicted molar refractivity (Wildman–Crippen MR) is 100 cm³/mol. The number of rotatable bonds is 6. The Morgan fingerprint density at radius 3 is 2.37 bits per heavy atom. The zero-order chi connectivity index (χ0) is 18.8. The number of hydrogen-bond donors (Lipinski definition) is 0. The van der Waals surface area contributed by atoms with Crippen LogP contribution in [0.3, 0.4) is 0 Å². The van der Waals surface area contributed by atoms with Crippen LogP contribution in [0.2, 0.25) is 0 Å². The van der Waals surface area contributed by atoms with Crippen molar-refractivity contribution in [2.45, 2.75) is 19.4 Å². The molecule has 0 N–H and O–H groups in total. The molecule has 2 amide bonds. The van der Waals surface area contributed by atoms with E-state index < -0.39 is 0 Å². The molecule has 0 bridgehead atoms. The van der Waals surface area contributed by atoms with Crippen molar-refractivity contribution in [2.24, 2.45) is 0 Å². The fourth-order valence-electron chi connectivity index (χ4n) is 3.02. The third kappa shape index (κ3) is 3.46. The number of thiazole rings is 1. The molecule has 6 nitrogen and oxygen atoms in total. The van der Waals surface area contributed by atoms with E-state index in [1.807, 2.05) is 24.3 Å². The maximum atomic E-state index is 12.3. The number of aromatic nitrogens is 1. The first-order valence-corrected chi connectivity index (χ1v) is 9.40. The van der Waals surface area contributed by atoms with E-state index in [0.717, 1.165) is 15.2 Å². The molecule has 0 unspecified atom stereocenters. The summed E-state index contributed by atoms with van der Waals surface area (Å²) < 4.78 is 6.31. The van der Waals surface area contributed by atoms with Gasteiger partial charge in [0.25, 0.3) is 11.8 Å². The van der Waals surface area contributed by atoms with Gasteiger partial charge in [0.05, 0.1) is 21.3 Å². The third-order valence-electron chi connectivity index (χ3n) is 4.34. The van der Waals surface area contributed by atoms with Crippen molar-refractivity contribution < 1.29 is 19.1 Å². The van der Waals surface area contributed by atoms with Gasteiger partial charge < -0.3 is 4.74 Å². The van der Waals surface area contributed by atoms with Gasteiger partial charge in [0.1, 0.15) is 11.6 Å². The van der Waals surface area contributed by atoms with Crippen molar-refractivity contribution in [3.05, 3.63) is 64.7 Å². The van der Waals surface area contributed by atoms with Crippen molar-refractivity contribution in [1.82, 2.24) is 9.88 Å². The van der Waals surface area contributed by atoms with E-state index >= 15 is 0 Å². The van der Waals surface area contributed by atoms with Crippen LogP contribution in [-0.4, -0.2) is 34.2 Å². The minimum atomic E-state index is -0.370. The summed E-state index contributed by atoms with van der Waals surface area (Å²) in [6.07, 6.45) is 0.502. The highest BCUT2D eigenvalue weighted by Gasteiger charge is 2.34. The molecule has 0 atom stereocenters. The van der Waals surface area contributed by atoms with E-state index in [4.69, 9.17) is 4.74 Å². The van der Waals surface area contributed by atoms with Crippen LogP contribution < -0.4 is 0 Å². The van der Waals surface area contributed by atoms with E-state index in [1.165, 1.54) is 16.2 Å². The van der Waals surface area contributed by atoms with Gasteiger partial charge in [0.2, 0.25) is 0 Å². The molecular formula is C20H16N2O4S. The third-order valence-corrected chi connectivity index (χ3v) is 5.35. The first-order chi connectivity index (χ1) is 13.1. The molecule has 0 spiro atoms. The standard InChI is InChI=1S/C20H16N2O4S/c23-18(26-12-17-21-15-8-3-4-9-16(15)27-17)10-5-11-22-19(24)13-6-1-2-7-14(13)20(22)25/h1-4,6-9H,5,10-12H2. The Balaban J connectivity index is 1.26. The lowest BCUT2D eigenvalue weighted by molar-refractivity contribution is -0.145. The van der Waals surface area contributed by atoms with Gasteiger partial charge in [-0.15, -0.1) is 11.3 Å². The Bertz CT molecular complexity index is 975. The summed E-state index contributed by atoms with van der Waals surface area (Å²) in [5, 5.41) is 0.741. The second-order valence-electron chi connectivity index (χ2n) is 6.15. The van der Waals surface area contributed by atoms with Crippen molar-refractivity contribution >= 4 is 39.3 Å². The van der Waals surface area contributed by atoms with Gasteiger partial charge >= 0.3 is 5.97 Å². The molecule has 136 valence electrons. The molecule has 0 radical (unpaired) electrons. The van der Waals surface area contributed by atoms with Gasteiger partial charge in [-0.1, -0.05) is 24.3 Å². The molecule has 7 heteroatoms. The Morgan fingerprint density at radius 1 is 1.00 bits per heavy atom. The topological polar surface area (TPSA) is 76.6 Å². The second kappa shape index (κ2) is 7.28. The summed E-state index contributed by atoms with van der Waals surface area (Å²) in [5.74, 6) is -0.984. The van der Waals surface area contributed by atoms with Gasteiger partial charge in [0, 0.05) is 13.0 Å². The highest BCUT2D eigenvalue weighted by Crippen LogP contribution is 2.23. The number of hydrogen-bond acceptors (Lipinski definition) is 6. The Hall–Kier alpha value is -3.06. The number of carbonyl (C=O) groups is 3. The van der Waals surface area contributed by atoms with Crippen molar-refractivity contribution in [3.8, 4) is 0 Å². The summed E-state index contributed by atoms with van der Waals surface area (Å²) in [4.78, 5) is 42.1. The molecule has 1 aliphatic heterocycles. The Labute approximate surface area is 159 Å². The van der Waals surface area contributed by atoms with Crippen LogP contribution in [-0.2, 0) is 16.1 Å². The molecular weight excluding hydrogens is 364 g/mol. The summed E-state index contributed by atoms with van der Waals surface area (Å²) in [6, 6.07) is 14.5. The van der Waals surface area contributed by atoms with Gasteiger partial charge in [-0.3, -0.25) is 19.3 Å². The SMILES string of the molecule is O=C(CCCN1C(=O)c2ccccc2C1=O)OCc1nc2ccccc2s1. The number of benzene rings is 2. The minimum absolute atomic E-state index is 0.130. The van der Waals surface area contributed by atoms with E-state index in [9.17, 15) is 14.4 Å². The Morgan fingerprint density at radius 2 is 1.67 bits per heavy atom. The molecule has 1 aliphatic rings. The van der Waals surface area contributed by atoms with Crippen LogP contribution in [0.4, 0.5) is 0 Å². The Kier molecular flexibility index (Phi) is 4.68. The van der Waals surface area contributed by atoms with Crippen molar-refractivity contribution in [2.75, 3.05) is 6.54 Å². The summed E-state index contributed by atoms with van der Waals surface area (Å²) in [5.41, 5.74) is 1.72. The normalized spacial score (nSPS) is 13.3. The largest absolute Gasteiger partial charge is 0.458 e. The van der Waals surface area contributed by atoms with E-state index in [1.54, 1.807) is 24.3 Å². The predicted octanol–water partition coefficient (Wildman–Crippen LogP) is 3.42. The maximum absolute atomic E-state index is 12.3. The number of carbonyl (C=O) groups excluding carboxylic acids is 3.